The Hall–Kier alpha value is -1.22. The third-order valence-corrected chi connectivity index (χ3v) is 5.71. The molecule has 0 bridgehead atoms. The molecule has 146 valence electrons. The summed E-state index contributed by atoms with van der Waals surface area (Å²) in [5, 5.41) is 0. The SMILES string of the molecule is CN(C1CCOCC1)S(=O)(=O)n1cc[n+](C)c1.O=S(=O)([O-])C(F)(F)F. The number of nitrogens with zero attached hydrogens (tertiary/aromatic N) is 3. The van der Waals surface area contributed by atoms with Crippen LogP contribution in [0.4, 0.5) is 13.2 Å². The quantitative estimate of drug-likeness (QED) is 0.380. The molecular formula is C11H18F3N3O6S2. The lowest BCUT2D eigenvalue weighted by molar-refractivity contribution is -0.670. The van der Waals surface area contributed by atoms with Crippen LogP contribution >= 0.6 is 0 Å². The molecule has 9 nitrogen and oxygen atoms in total. The van der Waals surface area contributed by atoms with Crippen molar-refractivity contribution in [3.63, 3.8) is 0 Å². The summed E-state index contributed by atoms with van der Waals surface area (Å²) in [5.41, 5.74) is -5.65. The minimum Gasteiger partial charge on any atom is -0.741 e. The van der Waals surface area contributed by atoms with Crippen molar-refractivity contribution in [2.45, 2.75) is 24.4 Å². The van der Waals surface area contributed by atoms with Gasteiger partial charge in [-0.1, -0.05) is 0 Å². The maximum atomic E-state index is 12.3. The molecule has 1 saturated heterocycles. The molecule has 1 aliphatic heterocycles. The number of aromatic nitrogens is 2. The van der Waals surface area contributed by atoms with E-state index in [1.54, 1.807) is 37.4 Å². The van der Waals surface area contributed by atoms with Gasteiger partial charge in [0.05, 0.1) is 7.05 Å². The van der Waals surface area contributed by atoms with Gasteiger partial charge < -0.3 is 9.29 Å². The second-order valence-electron chi connectivity index (χ2n) is 5.18. The van der Waals surface area contributed by atoms with E-state index in [2.05, 4.69) is 0 Å². The number of alkyl halides is 3. The molecular weight excluding hydrogens is 391 g/mol. The predicted molar refractivity (Wildman–Crippen MR) is 77.3 cm³/mol. The molecule has 2 rings (SSSR count). The van der Waals surface area contributed by atoms with Gasteiger partial charge in [-0.2, -0.15) is 25.9 Å². The van der Waals surface area contributed by atoms with Crippen molar-refractivity contribution in [2.75, 3.05) is 20.3 Å². The van der Waals surface area contributed by atoms with Crippen LogP contribution in [0.1, 0.15) is 12.8 Å². The van der Waals surface area contributed by atoms with E-state index < -0.39 is 25.8 Å². The molecule has 0 aliphatic carbocycles. The molecule has 0 aromatic carbocycles. The van der Waals surface area contributed by atoms with Crippen LogP contribution in [0.5, 0.6) is 0 Å². The normalized spacial score (nSPS) is 17.2. The van der Waals surface area contributed by atoms with Crippen LogP contribution in [-0.4, -0.2) is 61.5 Å². The van der Waals surface area contributed by atoms with Gasteiger partial charge in [-0.25, -0.2) is 13.0 Å². The first-order valence-electron chi connectivity index (χ1n) is 6.88. The Morgan fingerprint density at radius 2 is 1.72 bits per heavy atom. The van der Waals surface area contributed by atoms with Gasteiger partial charge in [0.15, 0.2) is 10.1 Å². The fourth-order valence-electron chi connectivity index (χ4n) is 1.95. The molecule has 0 N–H and O–H groups in total. The van der Waals surface area contributed by atoms with E-state index in [-0.39, 0.29) is 6.04 Å². The zero-order valence-electron chi connectivity index (χ0n) is 13.4. The number of hydrogen-bond donors (Lipinski definition) is 0. The van der Waals surface area contributed by atoms with Gasteiger partial charge in [0.25, 0.3) is 6.33 Å². The highest BCUT2D eigenvalue weighted by molar-refractivity contribution is 7.87. The molecule has 14 heteroatoms. The summed E-state index contributed by atoms with van der Waals surface area (Å²) in [6.07, 6.45) is 6.30. The molecule has 1 aromatic heterocycles. The van der Waals surface area contributed by atoms with Crippen molar-refractivity contribution in [2.24, 2.45) is 7.05 Å². The highest BCUT2D eigenvalue weighted by Crippen LogP contribution is 2.20. The number of halogens is 3. The summed E-state index contributed by atoms with van der Waals surface area (Å²) in [6, 6.07) is 0.0291. The van der Waals surface area contributed by atoms with E-state index in [9.17, 15) is 21.6 Å². The summed E-state index contributed by atoms with van der Waals surface area (Å²) in [4.78, 5) is 0. The Bertz CT molecular complexity index is 769. The van der Waals surface area contributed by atoms with Crippen molar-refractivity contribution >= 4 is 20.3 Å². The highest BCUT2D eigenvalue weighted by Gasteiger charge is 2.37. The van der Waals surface area contributed by atoms with Crippen molar-refractivity contribution in [1.29, 1.82) is 0 Å². The van der Waals surface area contributed by atoms with Crippen molar-refractivity contribution in [3.05, 3.63) is 18.7 Å². The molecule has 0 unspecified atom stereocenters. The average molecular weight is 409 g/mol. The Kier molecular flexibility index (Phi) is 6.97. The second kappa shape index (κ2) is 7.99. The lowest BCUT2D eigenvalue weighted by atomic mass is 10.1. The van der Waals surface area contributed by atoms with E-state index in [1.165, 1.54) is 8.28 Å². The third-order valence-electron chi connectivity index (χ3n) is 3.36. The summed E-state index contributed by atoms with van der Waals surface area (Å²) in [6.45, 7) is 1.26. The first kappa shape index (κ1) is 21.8. The zero-order valence-corrected chi connectivity index (χ0v) is 15.0. The van der Waals surface area contributed by atoms with Gasteiger partial charge in [0.1, 0.15) is 12.4 Å². The minimum absolute atomic E-state index is 0.0291. The second-order valence-corrected chi connectivity index (χ2v) is 8.44. The van der Waals surface area contributed by atoms with E-state index in [0.29, 0.717) is 13.2 Å². The fourth-order valence-corrected chi connectivity index (χ4v) is 3.31. The van der Waals surface area contributed by atoms with Crippen molar-refractivity contribution in [1.82, 2.24) is 8.28 Å². The van der Waals surface area contributed by atoms with Crippen LogP contribution < -0.4 is 4.57 Å². The largest absolute Gasteiger partial charge is 0.741 e. The molecule has 1 aromatic rings. The molecule has 2 heterocycles. The number of rotatable bonds is 3. The zero-order chi connectivity index (χ0) is 19.5. The lowest BCUT2D eigenvalue weighted by Crippen LogP contribution is -2.43. The Balaban J connectivity index is 0.000000333. The van der Waals surface area contributed by atoms with Crippen LogP contribution in [0.15, 0.2) is 18.7 Å². The van der Waals surface area contributed by atoms with Crippen LogP contribution in [0.2, 0.25) is 0 Å². The fraction of sp³-hybridized carbons (Fsp3) is 0.727. The van der Waals surface area contributed by atoms with E-state index in [0.717, 1.165) is 12.8 Å². The van der Waals surface area contributed by atoms with Gasteiger partial charge >= 0.3 is 15.7 Å². The molecule has 0 saturated carbocycles. The van der Waals surface area contributed by atoms with E-state index >= 15 is 0 Å². The number of hydrogen-bond acceptors (Lipinski definition) is 6. The van der Waals surface area contributed by atoms with Crippen molar-refractivity contribution < 1.29 is 43.9 Å². The van der Waals surface area contributed by atoms with E-state index in [1.807, 2.05) is 0 Å². The number of imidazole rings is 1. The Labute approximate surface area is 143 Å². The predicted octanol–water partition coefficient (Wildman–Crippen LogP) is -0.432. The van der Waals surface area contributed by atoms with Crippen LogP contribution in [-0.2, 0) is 32.1 Å². The standard InChI is InChI=1S/C10H18N3O3S.CHF3O3S/c1-11-5-6-13(9-11)17(14,15)12(2)10-3-7-16-8-4-10;2-1(3,4)8(5,6)7/h5-6,9-10H,3-4,7-8H2,1-2H3;(H,5,6,7)/q+1;/p-1. The van der Waals surface area contributed by atoms with E-state index in [4.69, 9.17) is 17.7 Å². The molecule has 0 spiro atoms. The maximum Gasteiger partial charge on any atom is 0.485 e. The minimum atomic E-state index is -6.09. The van der Waals surface area contributed by atoms with Crippen LogP contribution in [0.3, 0.4) is 0 Å². The van der Waals surface area contributed by atoms with Gasteiger partial charge in [-0.15, -0.1) is 3.97 Å². The molecule has 25 heavy (non-hydrogen) atoms. The van der Waals surface area contributed by atoms with Gasteiger partial charge in [0.2, 0.25) is 0 Å². The topological polar surface area (TPSA) is 113 Å². The highest BCUT2D eigenvalue weighted by atomic mass is 32.2. The third kappa shape index (κ3) is 5.91. The van der Waals surface area contributed by atoms with Crippen LogP contribution in [0.25, 0.3) is 0 Å². The monoisotopic (exact) mass is 409 g/mol. The Morgan fingerprint density at radius 3 is 2.08 bits per heavy atom. The molecule has 0 radical (unpaired) electrons. The molecule has 1 aliphatic rings. The van der Waals surface area contributed by atoms with Crippen LogP contribution in [0, 0.1) is 0 Å². The van der Waals surface area contributed by atoms with Gasteiger partial charge in [0, 0.05) is 26.3 Å². The first-order valence-corrected chi connectivity index (χ1v) is 9.69. The number of aryl methyl sites for hydroxylation is 1. The summed E-state index contributed by atoms with van der Waals surface area (Å²) < 4.78 is 93.1. The molecule has 0 atom stereocenters. The summed E-state index contributed by atoms with van der Waals surface area (Å²) in [5.74, 6) is 0. The number of ether oxygens (including phenoxy) is 1. The average Bonchev–Trinajstić information content (AvgIpc) is 2.93. The summed E-state index contributed by atoms with van der Waals surface area (Å²) >= 11 is 0. The van der Waals surface area contributed by atoms with Gasteiger partial charge in [-0.05, 0) is 12.8 Å². The lowest BCUT2D eigenvalue weighted by Gasteiger charge is -2.28. The van der Waals surface area contributed by atoms with Gasteiger partial charge in [-0.3, -0.25) is 0 Å². The Morgan fingerprint density at radius 1 is 1.24 bits per heavy atom. The molecule has 1 fully saturated rings. The maximum absolute atomic E-state index is 12.3. The first-order chi connectivity index (χ1) is 11.3. The van der Waals surface area contributed by atoms with Crippen molar-refractivity contribution in [3.8, 4) is 0 Å². The smallest absolute Gasteiger partial charge is 0.485 e. The molecule has 0 amide bonds. The summed E-state index contributed by atoms with van der Waals surface area (Å²) in [7, 11) is -6.11.